The lowest BCUT2D eigenvalue weighted by atomic mass is 10.1. The number of carbonyl (C=O) groups excluding carboxylic acids is 2. The van der Waals surface area contributed by atoms with E-state index < -0.39 is 0 Å². The molecular formula is C19H30N4O2. The van der Waals surface area contributed by atoms with Crippen LogP contribution in [0.25, 0.3) is 0 Å². The van der Waals surface area contributed by atoms with Crippen LogP contribution in [0.5, 0.6) is 0 Å². The molecule has 2 aliphatic heterocycles. The summed E-state index contributed by atoms with van der Waals surface area (Å²) in [6, 6.07) is 0. The van der Waals surface area contributed by atoms with Crippen LogP contribution < -0.4 is 0 Å². The molecule has 3 rings (SSSR count). The third-order valence-corrected chi connectivity index (χ3v) is 5.18. The maximum Gasteiger partial charge on any atom is 0.289 e. The Kier molecular flexibility index (Phi) is 5.76. The summed E-state index contributed by atoms with van der Waals surface area (Å²) in [6.45, 7) is 8.06. The maximum atomic E-state index is 13.1. The first-order valence-electron chi connectivity index (χ1n) is 9.85. The van der Waals surface area contributed by atoms with Crippen molar-refractivity contribution >= 4 is 11.8 Å². The van der Waals surface area contributed by atoms with E-state index in [1.54, 1.807) is 0 Å². The number of fused-ring (bicyclic) bond motifs is 1. The smallest absolute Gasteiger partial charge is 0.289 e. The van der Waals surface area contributed by atoms with E-state index in [1.807, 2.05) is 14.4 Å². The maximum absolute atomic E-state index is 13.1. The molecule has 3 heterocycles. The van der Waals surface area contributed by atoms with Gasteiger partial charge in [-0.05, 0) is 44.9 Å². The van der Waals surface area contributed by atoms with Crippen LogP contribution in [0.1, 0.15) is 79.2 Å². The van der Waals surface area contributed by atoms with Gasteiger partial charge >= 0.3 is 0 Å². The van der Waals surface area contributed by atoms with Gasteiger partial charge in [0.1, 0.15) is 5.69 Å². The number of hydrogen-bond acceptors (Lipinski definition) is 3. The molecule has 138 valence electrons. The summed E-state index contributed by atoms with van der Waals surface area (Å²) in [7, 11) is 0. The Morgan fingerprint density at radius 3 is 2.28 bits per heavy atom. The molecule has 0 unspecified atom stereocenters. The monoisotopic (exact) mass is 346 g/mol. The van der Waals surface area contributed by atoms with E-state index in [9.17, 15) is 9.59 Å². The molecule has 6 nitrogen and oxygen atoms in total. The van der Waals surface area contributed by atoms with Crippen LogP contribution in [0.2, 0.25) is 0 Å². The average molecular weight is 346 g/mol. The number of imidazole rings is 1. The fraction of sp³-hybridized carbons (Fsp3) is 0.737. The highest BCUT2D eigenvalue weighted by molar-refractivity contribution is 5.97. The van der Waals surface area contributed by atoms with E-state index in [1.165, 1.54) is 0 Å². The van der Waals surface area contributed by atoms with E-state index in [4.69, 9.17) is 0 Å². The lowest BCUT2D eigenvalue weighted by Gasteiger charge is -2.23. The molecule has 1 fully saturated rings. The second-order valence-corrected chi connectivity index (χ2v) is 7.13. The van der Waals surface area contributed by atoms with Crippen LogP contribution in [-0.4, -0.2) is 57.3 Å². The third kappa shape index (κ3) is 3.58. The van der Waals surface area contributed by atoms with Crippen molar-refractivity contribution in [3.05, 3.63) is 17.2 Å². The van der Waals surface area contributed by atoms with Gasteiger partial charge in [-0.3, -0.25) is 9.59 Å². The average Bonchev–Trinajstić information content (AvgIpc) is 3.28. The van der Waals surface area contributed by atoms with Crippen molar-refractivity contribution in [2.45, 2.75) is 65.3 Å². The first-order chi connectivity index (χ1) is 12.2. The molecule has 25 heavy (non-hydrogen) atoms. The minimum Gasteiger partial charge on any atom is -0.337 e. The summed E-state index contributed by atoms with van der Waals surface area (Å²) in [6.07, 6.45) is 6.94. The standard InChI is InChI=1S/C19H30N4O2/c1-3-10-21(11-4-2)19(25)17-20-16(15-9-5-6-14-23(15)17)18(24)22-12-7-8-13-22/h3-14H2,1-2H3. The van der Waals surface area contributed by atoms with E-state index >= 15 is 0 Å². The molecule has 0 aliphatic carbocycles. The molecule has 0 spiro atoms. The third-order valence-electron chi connectivity index (χ3n) is 5.18. The Labute approximate surface area is 150 Å². The van der Waals surface area contributed by atoms with Gasteiger partial charge in [-0.1, -0.05) is 13.8 Å². The molecule has 0 saturated carbocycles. The summed E-state index contributed by atoms with van der Waals surface area (Å²) in [4.78, 5) is 34.3. The minimum absolute atomic E-state index is 0.0136. The van der Waals surface area contributed by atoms with Crippen LogP contribution in [-0.2, 0) is 13.0 Å². The number of hydrogen-bond donors (Lipinski definition) is 0. The molecule has 2 amide bonds. The molecular weight excluding hydrogens is 316 g/mol. The molecule has 0 bridgehead atoms. The highest BCUT2D eigenvalue weighted by Crippen LogP contribution is 2.24. The second kappa shape index (κ2) is 8.02. The topological polar surface area (TPSA) is 58.4 Å². The van der Waals surface area contributed by atoms with E-state index in [-0.39, 0.29) is 11.8 Å². The molecule has 1 aromatic heterocycles. The van der Waals surface area contributed by atoms with Crippen LogP contribution in [0.3, 0.4) is 0 Å². The van der Waals surface area contributed by atoms with Crippen LogP contribution >= 0.6 is 0 Å². The highest BCUT2D eigenvalue weighted by Gasteiger charge is 2.32. The highest BCUT2D eigenvalue weighted by atomic mass is 16.2. The zero-order valence-electron chi connectivity index (χ0n) is 15.6. The Morgan fingerprint density at radius 1 is 1.00 bits per heavy atom. The number of aromatic nitrogens is 2. The fourth-order valence-corrected chi connectivity index (χ4v) is 3.94. The summed E-state index contributed by atoms with van der Waals surface area (Å²) in [5, 5.41) is 0. The lowest BCUT2D eigenvalue weighted by Crippen LogP contribution is -2.35. The normalized spacial score (nSPS) is 16.8. The molecule has 0 atom stereocenters. The zero-order valence-corrected chi connectivity index (χ0v) is 15.6. The van der Waals surface area contributed by atoms with Crippen LogP contribution in [0, 0.1) is 0 Å². The Bertz CT molecular complexity index is 626. The molecule has 0 radical (unpaired) electrons. The predicted molar refractivity (Wildman–Crippen MR) is 96.8 cm³/mol. The molecule has 6 heteroatoms. The van der Waals surface area contributed by atoms with Crippen molar-refractivity contribution in [1.82, 2.24) is 19.4 Å². The first kappa shape index (κ1) is 18.0. The van der Waals surface area contributed by atoms with Gasteiger partial charge in [-0.25, -0.2) is 4.98 Å². The van der Waals surface area contributed by atoms with Crippen molar-refractivity contribution in [1.29, 1.82) is 0 Å². The number of carbonyl (C=O) groups is 2. The van der Waals surface area contributed by atoms with Crippen LogP contribution in [0.4, 0.5) is 0 Å². The predicted octanol–water partition coefficient (Wildman–Crippen LogP) is 2.72. The van der Waals surface area contributed by atoms with Crippen molar-refractivity contribution in [2.75, 3.05) is 26.2 Å². The van der Waals surface area contributed by atoms with Crippen molar-refractivity contribution in [2.24, 2.45) is 0 Å². The van der Waals surface area contributed by atoms with E-state index in [0.29, 0.717) is 11.5 Å². The zero-order chi connectivity index (χ0) is 17.8. The fourth-order valence-electron chi connectivity index (χ4n) is 3.94. The van der Waals surface area contributed by atoms with E-state index in [2.05, 4.69) is 18.8 Å². The minimum atomic E-state index is -0.0210. The van der Waals surface area contributed by atoms with Crippen molar-refractivity contribution in [3.63, 3.8) is 0 Å². The van der Waals surface area contributed by atoms with Gasteiger partial charge in [0.05, 0.1) is 5.69 Å². The summed E-state index contributed by atoms with van der Waals surface area (Å²) in [5.74, 6) is 0.464. The van der Waals surface area contributed by atoms with Gasteiger partial charge in [0, 0.05) is 32.7 Å². The Morgan fingerprint density at radius 2 is 1.64 bits per heavy atom. The number of likely N-dealkylation sites (tertiary alicyclic amines) is 1. The summed E-state index contributed by atoms with van der Waals surface area (Å²) >= 11 is 0. The number of rotatable bonds is 6. The second-order valence-electron chi connectivity index (χ2n) is 7.13. The largest absolute Gasteiger partial charge is 0.337 e. The van der Waals surface area contributed by atoms with Gasteiger partial charge in [0.15, 0.2) is 5.82 Å². The Hall–Kier alpha value is -1.85. The molecule has 0 N–H and O–H groups in total. The van der Waals surface area contributed by atoms with Gasteiger partial charge in [0.25, 0.3) is 11.8 Å². The molecule has 2 aliphatic rings. The summed E-state index contributed by atoms with van der Waals surface area (Å²) in [5.41, 5.74) is 1.50. The quantitative estimate of drug-likeness (QED) is 0.796. The van der Waals surface area contributed by atoms with E-state index in [0.717, 1.165) is 83.4 Å². The molecule has 1 aromatic rings. The molecule has 0 aromatic carbocycles. The van der Waals surface area contributed by atoms with Crippen molar-refractivity contribution < 1.29 is 9.59 Å². The lowest BCUT2D eigenvalue weighted by molar-refractivity contribution is 0.0737. The number of amides is 2. The van der Waals surface area contributed by atoms with Gasteiger partial charge in [-0.15, -0.1) is 0 Å². The first-order valence-corrected chi connectivity index (χ1v) is 9.85. The van der Waals surface area contributed by atoms with Gasteiger partial charge < -0.3 is 14.4 Å². The van der Waals surface area contributed by atoms with Gasteiger partial charge in [-0.2, -0.15) is 0 Å². The number of nitrogens with zero attached hydrogens (tertiary/aromatic N) is 4. The summed E-state index contributed by atoms with van der Waals surface area (Å²) < 4.78 is 2.02. The van der Waals surface area contributed by atoms with Crippen LogP contribution in [0.15, 0.2) is 0 Å². The van der Waals surface area contributed by atoms with Gasteiger partial charge in [0.2, 0.25) is 0 Å². The Balaban J connectivity index is 1.93. The van der Waals surface area contributed by atoms with Crippen molar-refractivity contribution in [3.8, 4) is 0 Å². The molecule has 1 saturated heterocycles. The SMILES string of the molecule is CCCN(CCC)C(=O)c1nc(C(=O)N2CCCC2)c2n1CCCC2.